The van der Waals surface area contributed by atoms with Gasteiger partial charge < -0.3 is 10.1 Å². The van der Waals surface area contributed by atoms with E-state index in [1.807, 2.05) is 13.0 Å². The summed E-state index contributed by atoms with van der Waals surface area (Å²) in [6, 6.07) is 2.46. The van der Waals surface area contributed by atoms with Gasteiger partial charge in [-0.25, -0.2) is 14.8 Å². The van der Waals surface area contributed by atoms with Gasteiger partial charge in [0, 0.05) is 17.8 Å². The molecule has 1 aromatic rings. The van der Waals surface area contributed by atoms with Crippen molar-refractivity contribution >= 4 is 11.8 Å². The maximum absolute atomic E-state index is 11.6. The molecule has 0 spiro atoms. The van der Waals surface area contributed by atoms with Gasteiger partial charge in [0.05, 0.1) is 7.11 Å². The summed E-state index contributed by atoms with van der Waals surface area (Å²) >= 11 is 0. The second-order valence-electron chi connectivity index (χ2n) is 6.37. The number of esters is 1. The maximum Gasteiger partial charge on any atom is 0.376 e. The molecule has 1 N–H and O–H groups in total. The Balaban J connectivity index is 1.52. The molecule has 4 rings (SSSR count). The molecule has 3 fully saturated rings. The Morgan fingerprint density at radius 2 is 2.00 bits per heavy atom. The molecule has 0 saturated heterocycles. The number of aromatic nitrogens is 2. The summed E-state index contributed by atoms with van der Waals surface area (Å²) in [5.41, 5.74) is 0.789. The molecular formula is C15H19N3O2. The fourth-order valence-corrected chi connectivity index (χ4v) is 4.51. The topological polar surface area (TPSA) is 64.1 Å². The van der Waals surface area contributed by atoms with Crippen molar-refractivity contribution in [2.75, 3.05) is 12.4 Å². The van der Waals surface area contributed by atoms with Gasteiger partial charge in [-0.1, -0.05) is 0 Å². The summed E-state index contributed by atoms with van der Waals surface area (Å²) in [7, 11) is 1.35. The highest BCUT2D eigenvalue weighted by molar-refractivity contribution is 5.85. The van der Waals surface area contributed by atoms with E-state index >= 15 is 0 Å². The van der Waals surface area contributed by atoms with E-state index in [1.165, 1.54) is 26.4 Å². The number of aryl methyl sites for hydroxylation is 1. The summed E-state index contributed by atoms with van der Waals surface area (Å²) in [4.78, 5) is 20.0. The average Bonchev–Trinajstić information content (AvgIpc) is 2.84. The van der Waals surface area contributed by atoms with Gasteiger partial charge in [0.15, 0.2) is 0 Å². The van der Waals surface area contributed by atoms with Crippen LogP contribution in [-0.4, -0.2) is 29.1 Å². The number of fused-ring (bicyclic) bond motifs is 5. The molecule has 0 aromatic carbocycles. The average molecular weight is 273 g/mol. The Morgan fingerprint density at radius 3 is 2.65 bits per heavy atom. The molecule has 3 aliphatic rings. The lowest BCUT2D eigenvalue weighted by atomic mass is 10.0. The highest BCUT2D eigenvalue weighted by Crippen LogP contribution is 2.66. The van der Waals surface area contributed by atoms with E-state index in [0.29, 0.717) is 6.04 Å². The van der Waals surface area contributed by atoms with Crippen LogP contribution in [-0.2, 0) is 4.74 Å². The van der Waals surface area contributed by atoms with Crippen molar-refractivity contribution in [1.82, 2.24) is 9.97 Å². The number of nitrogens with one attached hydrogen (secondary N) is 1. The Morgan fingerprint density at radius 1 is 1.30 bits per heavy atom. The van der Waals surface area contributed by atoms with Gasteiger partial charge in [0.25, 0.3) is 0 Å². The number of methoxy groups -OCH3 is 1. The van der Waals surface area contributed by atoms with Crippen LogP contribution >= 0.6 is 0 Å². The van der Waals surface area contributed by atoms with Crippen molar-refractivity contribution in [2.45, 2.75) is 32.2 Å². The van der Waals surface area contributed by atoms with Crippen LogP contribution in [0.3, 0.4) is 0 Å². The summed E-state index contributed by atoms with van der Waals surface area (Å²) in [6.07, 6.45) is 4.24. The van der Waals surface area contributed by atoms with Crippen molar-refractivity contribution < 1.29 is 9.53 Å². The predicted molar refractivity (Wildman–Crippen MR) is 73.3 cm³/mol. The van der Waals surface area contributed by atoms with E-state index in [9.17, 15) is 4.79 Å². The molecule has 3 saturated carbocycles. The maximum atomic E-state index is 11.6. The molecule has 2 bridgehead atoms. The van der Waals surface area contributed by atoms with Crippen LogP contribution in [0, 0.1) is 30.6 Å². The molecule has 0 amide bonds. The minimum atomic E-state index is -0.479. The van der Waals surface area contributed by atoms with E-state index in [2.05, 4.69) is 15.3 Å². The number of hydrogen-bond acceptors (Lipinski definition) is 5. The van der Waals surface area contributed by atoms with Gasteiger partial charge in [-0.2, -0.15) is 0 Å². The minimum Gasteiger partial charge on any atom is -0.463 e. The van der Waals surface area contributed by atoms with Crippen molar-refractivity contribution in [2.24, 2.45) is 23.7 Å². The van der Waals surface area contributed by atoms with Gasteiger partial charge in [-0.3, -0.25) is 0 Å². The quantitative estimate of drug-likeness (QED) is 0.854. The smallest absolute Gasteiger partial charge is 0.376 e. The molecule has 20 heavy (non-hydrogen) atoms. The van der Waals surface area contributed by atoms with Crippen molar-refractivity contribution in [1.29, 1.82) is 0 Å². The molecule has 0 aliphatic heterocycles. The van der Waals surface area contributed by atoms with Crippen molar-refractivity contribution in [3.8, 4) is 0 Å². The number of rotatable bonds is 3. The van der Waals surface area contributed by atoms with Crippen LogP contribution in [0.15, 0.2) is 6.07 Å². The number of carbonyl (C=O) groups is 1. The van der Waals surface area contributed by atoms with E-state index in [4.69, 9.17) is 4.74 Å². The molecular weight excluding hydrogens is 254 g/mol. The standard InChI is InChI=1S/C15H19N3O2/c1-7-5-10(18-14(16-7)15(19)20-2)17-13-11-8-3-4-9(6-8)12(11)13/h5,8-9,11-13H,3-4,6H2,1-2H3,(H,16,17,18). The largest absolute Gasteiger partial charge is 0.463 e. The second kappa shape index (κ2) is 4.17. The first kappa shape index (κ1) is 12.1. The van der Waals surface area contributed by atoms with Gasteiger partial charge in [-0.15, -0.1) is 0 Å². The van der Waals surface area contributed by atoms with Crippen LogP contribution < -0.4 is 5.32 Å². The molecule has 4 unspecified atom stereocenters. The molecule has 1 heterocycles. The number of ether oxygens (including phenoxy) is 1. The van der Waals surface area contributed by atoms with E-state index in [-0.39, 0.29) is 5.82 Å². The van der Waals surface area contributed by atoms with Crippen LogP contribution in [0.2, 0.25) is 0 Å². The van der Waals surface area contributed by atoms with Gasteiger partial charge >= 0.3 is 5.97 Å². The Labute approximate surface area is 118 Å². The summed E-state index contributed by atoms with van der Waals surface area (Å²) < 4.78 is 4.69. The summed E-state index contributed by atoms with van der Waals surface area (Å²) in [5.74, 6) is 3.94. The fraction of sp³-hybridized carbons (Fsp3) is 0.667. The Bertz CT molecular complexity index is 558. The molecule has 3 aliphatic carbocycles. The van der Waals surface area contributed by atoms with Crippen LogP contribution in [0.5, 0.6) is 0 Å². The third-order valence-corrected chi connectivity index (χ3v) is 5.27. The van der Waals surface area contributed by atoms with Crippen LogP contribution in [0.4, 0.5) is 5.82 Å². The molecule has 106 valence electrons. The zero-order valence-electron chi connectivity index (χ0n) is 11.8. The van der Waals surface area contributed by atoms with Gasteiger partial charge in [0.1, 0.15) is 5.82 Å². The number of hydrogen-bond donors (Lipinski definition) is 1. The third kappa shape index (κ3) is 1.72. The highest BCUT2D eigenvalue weighted by atomic mass is 16.5. The number of nitrogens with zero attached hydrogens (tertiary/aromatic N) is 2. The molecule has 5 heteroatoms. The normalized spacial score (nSPS) is 36.6. The Kier molecular flexibility index (Phi) is 2.53. The third-order valence-electron chi connectivity index (χ3n) is 5.27. The lowest BCUT2D eigenvalue weighted by molar-refractivity contribution is 0.0586. The SMILES string of the molecule is COC(=O)c1nc(C)cc(NC2C3C4CCC(C4)C23)n1. The van der Waals surface area contributed by atoms with Crippen LogP contribution in [0.1, 0.15) is 35.6 Å². The monoisotopic (exact) mass is 273 g/mol. The van der Waals surface area contributed by atoms with E-state index in [1.54, 1.807) is 0 Å². The van der Waals surface area contributed by atoms with Gasteiger partial charge in [-0.05, 0) is 49.9 Å². The zero-order chi connectivity index (χ0) is 13.9. The first-order valence-corrected chi connectivity index (χ1v) is 7.38. The fourth-order valence-electron chi connectivity index (χ4n) is 4.51. The molecule has 0 radical (unpaired) electrons. The highest BCUT2D eigenvalue weighted by Gasteiger charge is 2.65. The molecule has 1 aromatic heterocycles. The number of carbonyl (C=O) groups excluding carboxylic acids is 1. The first-order valence-electron chi connectivity index (χ1n) is 7.38. The lowest BCUT2D eigenvalue weighted by Crippen LogP contribution is -2.16. The number of anilines is 1. The van der Waals surface area contributed by atoms with Gasteiger partial charge in [0.2, 0.25) is 5.82 Å². The Hall–Kier alpha value is -1.65. The second-order valence-corrected chi connectivity index (χ2v) is 6.37. The van der Waals surface area contributed by atoms with E-state index < -0.39 is 5.97 Å². The summed E-state index contributed by atoms with van der Waals surface area (Å²) in [5, 5.41) is 3.52. The molecule has 4 atom stereocenters. The first-order chi connectivity index (χ1) is 9.67. The van der Waals surface area contributed by atoms with E-state index in [0.717, 1.165) is 35.2 Å². The predicted octanol–water partition coefficient (Wildman–Crippen LogP) is 2.03. The van der Waals surface area contributed by atoms with Crippen molar-refractivity contribution in [3.05, 3.63) is 17.6 Å². The molecule has 5 nitrogen and oxygen atoms in total. The van der Waals surface area contributed by atoms with Crippen molar-refractivity contribution in [3.63, 3.8) is 0 Å². The minimum absolute atomic E-state index is 0.142. The lowest BCUT2D eigenvalue weighted by Gasteiger charge is -2.12. The van der Waals surface area contributed by atoms with Crippen LogP contribution in [0.25, 0.3) is 0 Å². The summed E-state index contributed by atoms with van der Waals surface area (Å²) in [6.45, 7) is 1.87. The zero-order valence-corrected chi connectivity index (χ0v) is 11.8.